The Morgan fingerprint density at radius 3 is 2.72 bits per heavy atom. The maximum atomic E-state index is 6.42. The van der Waals surface area contributed by atoms with E-state index in [1.165, 1.54) is 35.3 Å². The van der Waals surface area contributed by atoms with Crippen LogP contribution in [-0.2, 0) is 0 Å². The van der Waals surface area contributed by atoms with E-state index in [1.54, 1.807) is 11.3 Å². The normalized spacial score (nSPS) is 17.4. The molecule has 1 atom stereocenters. The molecule has 0 bridgehead atoms. The van der Waals surface area contributed by atoms with Gasteiger partial charge in [-0.2, -0.15) is 0 Å². The Bertz CT molecular complexity index is 543. The first-order valence-corrected chi connectivity index (χ1v) is 7.34. The van der Waals surface area contributed by atoms with Gasteiger partial charge in [0.25, 0.3) is 0 Å². The van der Waals surface area contributed by atoms with Gasteiger partial charge < -0.3 is 5.73 Å². The highest BCUT2D eigenvalue weighted by molar-refractivity contribution is 7.11. The van der Waals surface area contributed by atoms with Crippen molar-refractivity contribution in [1.29, 1.82) is 0 Å². The van der Waals surface area contributed by atoms with Crippen LogP contribution in [0.3, 0.4) is 0 Å². The molecule has 0 aliphatic heterocycles. The lowest BCUT2D eigenvalue weighted by Crippen LogP contribution is -2.17. The van der Waals surface area contributed by atoms with Crippen molar-refractivity contribution in [3.63, 3.8) is 0 Å². The summed E-state index contributed by atoms with van der Waals surface area (Å²) in [6.07, 6.45) is 5.90. The largest absolute Gasteiger partial charge is 0.320 e. The van der Waals surface area contributed by atoms with Crippen molar-refractivity contribution in [2.24, 2.45) is 5.73 Å². The van der Waals surface area contributed by atoms with E-state index in [-0.39, 0.29) is 6.04 Å². The molecule has 3 heteroatoms. The summed E-state index contributed by atoms with van der Waals surface area (Å²) in [4.78, 5) is 5.48. The van der Waals surface area contributed by atoms with Crippen LogP contribution in [0.4, 0.5) is 0 Å². The average Bonchev–Trinajstić information content (AvgIpc) is 2.74. The fraction of sp³-hybridized carbons (Fsp3) is 0.400. The molecule has 1 heterocycles. The van der Waals surface area contributed by atoms with Gasteiger partial charge in [-0.25, -0.2) is 4.98 Å². The number of thiazole rings is 1. The van der Waals surface area contributed by atoms with Gasteiger partial charge in [0.2, 0.25) is 0 Å². The van der Waals surface area contributed by atoms with Gasteiger partial charge in [0, 0.05) is 11.1 Å². The molecule has 1 aliphatic carbocycles. The van der Waals surface area contributed by atoms with Crippen LogP contribution >= 0.6 is 11.3 Å². The van der Waals surface area contributed by atoms with E-state index in [0.29, 0.717) is 0 Å². The van der Waals surface area contributed by atoms with Crippen molar-refractivity contribution in [3.8, 4) is 0 Å². The first-order valence-electron chi connectivity index (χ1n) is 6.52. The van der Waals surface area contributed by atoms with E-state index >= 15 is 0 Å². The lowest BCUT2D eigenvalue weighted by atomic mass is 9.77. The second-order valence-electron chi connectivity index (χ2n) is 5.02. The van der Waals surface area contributed by atoms with Crippen LogP contribution in [0.25, 0.3) is 0 Å². The Hall–Kier alpha value is -1.19. The van der Waals surface area contributed by atoms with Crippen molar-refractivity contribution in [2.45, 2.75) is 38.1 Å². The Labute approximate surface area is 112 Å². The van der Waals surface area contributed by atoms with E-state index in [1.807, 2.05) is 13.1 Å². The third-order valence-corrected chi connectivity index (χ3v) is 4.82. The maximum Gasteiger partial charge on any atom is 0.0897 e. The molecule has 94 valence electrons. The van der Waals surface area contributed by atoms with E-state index < -0.39 is 0 Å². The maximum absolute atomic E-state index is 6.42. The smallest absolute Gasteiger partial charge is 0.0897 e. The van der Waals surface area contributed by atoms with Gasteiger partial charge in [-0.05, 0) is 36.8 Å². The molecule has 1 saturated carbocycles. The summed E-state index contributed by atoms with van der Waals surface area (Å²) in [5, 5.41) is 1.08. The van der Waals surface area contributed by atoms with E-state index in [2.05, 4.69) is 29.2 Å². The first-order chi connectivity index (χ1) is 8.75. The summed E-state index contributed by atoms with van der Waals surface area (Å²) in [6.45, 7) is 2.03. The van der Waals surface area contributed by atoms with E-state index in [4.69, 9.17) is 5.73 Å². The third-order valence-electron chi connectivity index (χ3n) is 3.82. The van der Waals surface area contributed by atoms with Crippen molar-refractivity contribution in [3.05, 3.63) is 51.5 Å². The van der Waals surface area contributed by atoms with Gasteiger partial charge in [-0.1, -0.05) is 30.7 Å². The Balaban J connectivity index is 1.95. The fourth-order valence-corrected chi connectivity index (χ4v) is 3.37. The SMILES string of the molecule is Cc1ncc(C(N)c2ccccc2C2CCC2)s1. The number of benzene rings is 1. The molecule has 2 nitrogen and oxygen atoms in total. The molecule has 1 aliphatic rings. The number of nitrogens with zero attached hydrogens (tertiary/aromatic N) is 1. The molecule has 0 radical (unpaired) electrons. The first kappa shape index (κ1) is 11.9. The van der Waals surface area contributed by atoms with Crippen molar-refractivity contribution in [2.75, 3.05) is 0 Å². The molecular formula is C15H18N2S. The lowest BCUT2D eigenvalue weighted by molar-refractivity contribution is 0.416. The van der Waals surface area contributed by atoms with Gasteiger partial charge in [0.05, 0.1) is 11.0 Å². The van der Waals surface area contributed by atoms with Gasteiger partial charge in [0.1, 0.15) is 0 Å². The van der Waals surface area contributed by atoms with Crippen LogP contribution in [0.15, 0.2) is 30.5 Å². The molecule has 2 N–H and O–H groups in total. The van der Waals surface area contributed by atoms with Gasteiger partial charge >= 0.3 is 0 Å². The van der Waals surface area contributed by atoms with E-state index in [0.717, 1.165) is 10.9 Å². The van der Waals surface area contributed by atoms with Gasteiger partial charge in [0.15, 0.2) is 0 Å². The number of hydrogen-bond acceptors (Lipinski definition) is 3. The zero-order chi connectivity index (χ0) is 12.5. The minimum absolute atomic E-state index is 0.0204. The number of hydrogen-bond donors (Lipinski definition) is 1. The Kier molecular flexibility index (Phi) is 3.18. The van der Waals surface area contributed by atoms with Crippen LogP contribution in [0.1, 0.15) is 52.2 Å². The topological polar surface area (TPSA) is 38.9 Å². The molecule has 1 fully saturated rings. The quantitative estimate of drug-likeness (QED) is 0.910. The minimum Gasteiger partial charge on any atom is -0.320 e. The standard InChI is InChI=1S/C15H18N2S/c1-10-17-9-14(18-10)15(16)13-8-3-2-7-12(13)11-5-4-6-11/h2-3,7-9,11,15H,4-6,16H2,1H3. The van der Waals surface area contributed by atoms with E-state index in [9.17, 15) is 0 Å². The monoisotopic (exact) mass is 258 g/mol. The number of rotatable bonds is 3. The van der Waals surface area contributed by atoms with Crippen molar-refractivity contribution >= 4 is 11.3 Å². The zero-order valence-corrected chi connectivity index (χ0v) is 11.4. The summed E-state index contributed by atoms with van der Waals surface area (Å²) in [5.41, 5.74) is 9.15. The number of nitrogens with two attached hydrogens (primary N) is 1. The van der Waals surface area contributed by atoms with Crippen LogP contribution < -0.4 is 5.73 Å². The summed E-state index contributed by atoms with van der Waals surface area (Å²) < 4.78 is 0. The second kappa shape index (κ2) is 4.82. The van der Waals surface area contributed by atoms with Crippen LogP contribution in [-0.4, -0.2) is 4.98 Å². The average molecular weight is 258 g/mol. The minimum atomic E-state index is -0.0204. The summed E-state index contributed by atoms with van der Waals surface area (Å²) in [7, 11) is 0. The summed E-state index contributed by atoms with van der Waals surface area (Å²) in [6, 6.07) is 8.61. The number of aromatic nitrogens is 1. The highest BCUT2D eigenvalue weighted by Gasteiger charge is 2.24. The summed E-state index contributed by atoms with van der Waals surface area (Å²) >= 11 is 1.70. The lowest BCUT2D eigenvalue weighted by Gasteiger charge is -2.29. The van der Waals surface area contributed by atoms with Gasteiger partial charge in [-0.3, -0.25) is 0 Å². The molecule has 0 spiro atoms. The molecule has 3 rings (SSSR count). The van der Waals surface area contributed by atoms with Crippen LogP contribution in [0.5, 0.6) is 0 Å². The molecule has 1 aromatic heterocycles. The third kappa shape index (κ3) is 2.08. The number of aryl methyl sites for hydroxylation is 1. The molecular weight excluding hydrogens is 240 g/mol. The zero-order valence-electron chi connectivity index (χ0n) is 10.6. The van der Waals surface area contributed by atoms with Crippen molar-refractivity contribution in [1.82, 2.24) is 4.98 Å². The van der Waals surface area contributed by atoms with Crippen LogP contribution in [0.2, 0.25) is 0 Å². The Morgan fingerprint density at radius 1 is 1.33 bits per heavy atom. The van der Waals surface area contributed by atoms with Crippen molar-refractivity contribution < 1.29 is 0 Å². The highest BCUT2D eigenvalue weighted by Crippen LogP contribution is 2.40. The second-order valence-corrected chi connectivity index (χ2v) is 6.28. The summed E-state index contributed by atoms with van der Waals surface area (Å²) in [5.74, 6) is 0.723. The van der Waals surface area contributed by atoms with Gasteiger partial charge in [-0.15, -0.1) is 11.3 Å². The molecule has 18 heavy (non-hydrogen) atoms. The highest BCUT2D eigenvalue weighted by atomic mass is 32.1. The predicted octanol–water partition coefficient (Wildman–Crippen LogP) is 3.77. The molecule has 1 unspecified atom stereocenters. The molecule has 2 aromatic rings. The van der Waals surface area contributed by atoms with Crippen LogP contribution in [0, 0.1) is 6.92 Å². The molecule has 0 saturated heterocycles. The molecule has 0 amide bonds. The molecule has 1 aromatic carbocycles. The Morgan fingerprint density at radius 2 is 2.11 bits per heavy atom. The predicted molar refractivity (Wildman–Crippen MR) is 75.9 cm³/mol. The fourth-order valence-electron chi connectivity index (χ4n) is 2.56.